The molecule has 4 nitrogen and oxygen atoms in total. The first-order valence-electron chi connectivity index (χ1n) is 8.39. The topological polar surface area (TPSA) is 58.6 Å². The second-order valence-electron chi connectivity index (χ2n) is 5.63. The highest BCUT2D eigenvalue weighted by Crippen LogP contribution is 2.33. The number of hydrogen-bond acceptors (Lipinski definition) is 3. The summed E-state index contributed by atoms with van der Waals surface area (Å²) >= 11 is 0. The molecule has 0 bridgehead atoms. The van der Waals surface area contributed by atoms with Crippen LogP contribution in [0.1, 0.15) is 36.8 Å². The Kier molecular flexibility index (Phi) is 7.30. The van der Waals surface area contributed by atoms with E-state index in [4.69, 9.17) is 4.74 Å². The highest BCUT2D eigenvalue weighted by Gasteiger charge is 2.20. The number of aromatic hydroxyl groups is 1. The molecule has 0 aromatic heterocycles. The molecule has 0 saturated carbocycles. The molecule has 0 heterocycles. The predicted molar refractivity (Wildman–Crippen MR) is 95.1 cm³/mol. The summed E-state index contributed by atoms with van der Waals surface area (Å²) < 4.78 is 5.27. The van der Waals surface area contributed by atoms with Gasteiger partial charge in [-0.05, 0) is 25.0 Å². The van der Waals surface area contributed by atoms with Gasteiger partial charge in [0.15, 0.2) is 0 Å². The summed E-state index contributed by atoms with van der Waals surface area (Å²) in [6.45, 7) is 3.90. The number of carbonyl (C=O) groups excluding carboxylic acids is 1. The standard InChI is InChI=1S/C20H25NO3/c1-2-24-14-8-13-21-20(23)15-18(16-9-4-3-5-10-16)17-11-6-7-12-19(17)22/h3-7,9-12,18,22H,2,8,13-15H2,1H3,(H,21,23). The molecule has 2 aromatic rings. The SMILES string of the molecule is CCOCCCNC(=O)CC(c1ccccc1)c1ccccc1O. The molecule has 2 rings (SSSR count). The lowest BCUT2D eigenvalue weighted by molar-refractivity contribution is -0.121. The van der Waals surface area contributed by atoms with Gasteiger partial charge in [0.05, 0.1) is 0 Å². The summed E-state index contributed by atoms with van der Waals surface area (Å²) in [7, 11) is 0. The lowest BCUT2D eigenvalue weighted by atomic mass is 9.87. The van der Waals surface area contributed by atoms with Gasteiger partial charge in [0.2, 0.25) is 5.91 Å². The molecule has 1 amide bonds. The Balaban J connectivity index is 2.05. The van der Waals surface area contributed by atoms with E-state index in [1.165, 1.54) is 0 Å². The summed E-state index contributed by atoms with van der Waals surface area (Å²) in [4.78, 5) is 12.3. The third-order valence-corrected chi connectivity index (χ3v) is 3.90. The maximum absolute atomic E-state index is 12.3. The van der Waals surface area contributed by atoms with E-state index in [2.05, 4.69) is 5.32 Å². The average Bonchev–Trinajstić information content (AvgIpc) is 2.61. The van der Waals surface area contributed by atoms with Crippen LogP contribution in [0.2, 0.25) is 0 Å². The second kappa shape index (κ2) is 9.73. The first-order chi connectivity index (χ1) is 11.7. The molecule has 1 atom stereocenters. The first kappa shape index (κ1) is 18.0. The number of benzene rings is 2. The molecule has 0 aliphatic rings. The van der Waals surface area contributed by atoms with Crippen molar-refractivity contribution in [2.45, 2.75) is 25.7 Å². The van der Waals surface area contributed by atoms with Gasteiger partial charge < -0.3 is 15.2 Å². The highest BCUT2D eigenvalue weighted by atomic mass is 16.5. The average molecular weight is 327 g/mol. The van der Waals surface area contributed by atoms with E-state index in [0.717, 1.165) is 17.5 Å². The molecule has 0 saturated heterocycles. The Labute approximate surface area is 143 Å². The Bertz CT molecular complexity index is 628. The number of phenols is 1. The third kappa shape index (κ3) is 5.39. The van der Waals surface area contributed by atoms with Crippen LogP contribution in [0.5, 0.6) is 5.75 Å². The number of nitrogens with one attached hydrogen (secondary N) is 1. The van der Waals surface area contributed by atoms with Crippen molar-refractivity contribution in [3.05, 3.63) is 65.7 Å². The van der Waals surface area contributed by atoms with Crippen LogP contribution in [-0.4, -0.2) is 30.8 Å². The van der Waals surface area contributed by atoms with Gasteiger partial charge >= 0.3 is 0 Å². The number of carbonyl (C=O) groups is 1. The molecule has 0 aliphatic heterocycles. The molecule has 0 fully saturated rings. The third-order valence-electron chi connectivity index (χ3n) is 3.90. The lowest BCUT2D eigenvalue weighted by Gasteiger charge is -2.19. The van der Waals surface area contributed by atoms with E-state index in [0.29, 0.717) is 26.2 Å². The molecule has 0 spiro atoms. The Morgan fingerprint density at radius 2 is 1.83 bits per heavy atom. The van der Waals surface area contributed by atoms with Gasteiger partial charge in [-0.3, -0.25) is 4.79 Å². The highest BCUT2D eigenvalue weighted by molar-refractivity contribution is 5.77. The van der Waals surface area contributed by atoms with Crippen LogP contribution in [0.15, 0.2) is 54.6 Å². The minimum absolute atomic E-state index is 0.0244. The fraction of sp³-hybridized carbons (Fsp3) is 0.350. The van der Waals surface area contributed by atoms with Crippen molar-refractivity contribution in [3.63, 3.8) is 0 Å². The van der Waals surface area contributed by atoms with Crippen LogP contribution in [0.25, 0.3) is 0 Å². The van der Waals surface area contributed by atoms with Gasteiger partial charge in [-0.25, -0.2) is 0 Å². The quantitative estimate of drug-likeness (QED) is 0.694. The smallest absolute Gasteiger partial charge is 0.220 e. The maximum Gasteiger partial charge on any atom is 0.220 e. The summed E-state index contributed by atoms with van der Waals surface area (Å²) in [6, 6.07) is 17.0. The molecule has 24 heavy (non-hydrogen) atoms. The van der Waals surface area contributed by atoms with Crippen LogP contribution in [-0.2, 0) is 9.53 Å². The van der Waals surface area contributed by atoms with Crippen molar-refractivity contribution >= 4 is 5.91 Å². The zero-order valence-corrected chi connectivity index (χ0v) is 14.1. The van der Waals surface area contributed by atoms with Gasteiger partial charge in [0.1, 0.15) is 5.75 Å². The summed E-state index contributed by atoms with van der Waals surface area (Å²) in [6.07, 6.45) is 1.10. The van der Waals surface area contributed by atoms with E-state index in [1.54, 1.807) is 12.1 Å². The monoisotopic (exact) mass is 327 g/mol. The molecule has 128 valence electrons. The van der Waals surface area contributed by atoms with Crippen LogP contribution >= 0.6 is 0 Å². The van der Waals surface area contributed by atoms with E-state index in [9.17, 15) is 9.90 Å². The zero-order valence-electron chi connectivity index (χ0n) is 14.1. The minimum atomic E-state index is -0.167. The summed E-state index contributed by atoms with van der Waals surface area (Å²) in [5, 5.41) is 13.1. The summed E-state index contributed by atoms with van der Waals surface area (Å²) in [5.74, 6) is 0.0263. The van der Waals surface area contributed by atoms with E-state index >= 15 is 0 Å². The molecule has 1 unspecified atom stereocenters. The molecule has 0 radical (unpaired) electrons. The van der Waals surface area contributed by atoms with Crippen LogP contribution in [0.4, 0.5) is 0 Å². The molecule has 2 aromatic carbocycles. The number of phenolic OH excluding ortho intramolecular Hbond substituents is 1. The molecular weight excluding hydrogens is 302 g/mol. The molecule has 4 heteroatoms. The zero-order chi connectivity index (χ0) is 17.2. The van der Waals surface area contributed by atoms with Crippen molar-refractivity contribution < 1.29 is 14.6 Å². The van der Waals surface area contributed by atoms with Crippen molar-refractivity contribution in [3.8, 4) is 5.75 Å². The van der Waals surface area contributed by atoms with Crippen molar-refractivity contribution in [2.24, 2.45) is 0 Å². The van der Waals surface area contributed by atoms with Gasteiger partial charge in [-0.2, -0.15) is 0 Å². The van der Waals surface area contributed by atoms with Gasteiger partial charge in [0, 0.05) is 37.7 Å². The molecule has 0 aliphatic carbocycles. The largest absolute Gasteiger partial charge is 0.508 e. The number of hydrogen-bond donors (Lipinski definition) is 2. The number of para-hydroxylation sites is 1. The molecule has 2 N–H and O–H groups in total. The summed E-state index contributed by atoms with van der Waals surface area (Å²) in [5.41, 5.74) is 1.79. The van der Waals surface area contributed by atoms with Crippen LogP contribution in [0.3, 0.4) is 0 Å². The minimum Gasteiger partial charge on any atom is -0.508 e. The van der Waals surface area contributed by atoms with Gasteiger partial charge in [-0.15, -0.1) is 0 Å². The van der Waals surface area contributed by atoms with E-state index in [1.807, 2.05) is 49.4 Å². The fourth-order valence-electron chi connectivity index (χ4n) is 2.68. The van der Waals surface area contributed by atoms with Crippen LogP contribution < -0.4 is 5.32 Å². The maximum atomic E-state index is 12.3. The molecular formula is C20H25NO3. The first-order valence-corrected chi connectivity index (χ1v) is 8.39. The van der Waals surface area contributed by atoms with Crippen molar-refractivity contribution in [1.82, 2.24) is 5.32 Å². The number of ether oxygens (including phenoxy) is 1. The van der Waals surface area contributed by atoms with Crippen LogP contribution in [0, 0.1) is 0 Å². The number of rotatable bonds is 9. The van der Waals surface area contributed by atoms with Crippen molar-refractivity contribution in [1.29, 1.82) is 0 Å². The Morgan fingerprint density at radius 3 is 2.54 bits per heavy atom. The normalized spacial score (nSPS) is 11.9. The predicted octanol–water partition coefficient (Wildman–Crippen LogP) is 3.46. The fourth-order valence-corrected chi connectivity index (χ4v) is 2.68. The Morgan fingerprint density at radius 1 is 1.12 bits per heavy atom. The van der Waals surface area contributed by atoms with E-state index < -0.39 is 0 Å². The van der Waals surface area contributed by atoms with E-state index in [-0.39, 0.29) is 17.6 Å². The number of amides is 1. The Hall–Kier alpha value is -2.33. The van der Waals surface area contributed by atoms with Gasteiger partial charge in [-0.1, -0.05) is 48.5 Å². The lowest BCUT2D eigenvalue weighted by Crippen LogP contribution is -2.27. The van der Waals surface area contributed by atoms with Crippen molar-refractivity contribution in [2.75, 3.05) is 19.8 Å². The second-order valence-corrected chi connectivity index (χ2v) is 5.63. The van der Waals surface area contributed by atoms with Gasteiger partial charge in [0.25, 0.3) is 0 Å².